The molecule has 6 rings (SSSR count). The molecule has 44 heavy (non-hydrogen) atoms. The molecule has 2 aliphatic heterocycles. The second-order valence-electron chi connectivity index (χ2n) is 11.4. The molecule has 11 heteroatoms. The summed E-state index contributed by atoms with van der Waals surface area (Å²) in [6.07, 6.45) is 3.59. The lowest BCUT2D eigenvalue weighted by atomic mass is 9.97. The van der Waals surface area contributed by atoms with Gasteiger partial charge in [-0.05, 0) is 49.7 Å². The SMILES string of the molecule is C=C(F)C(=O)N1CCN(c2nc(OCC3CCCN3C)nc3c(F)c(-c4cccc5cccc(C)c45)ncc23)CC1CC#N. The molecule has 1 amide bonds. The van der Waals surface area contributed by atoms with E-state index in [1.807, 2.05) is 55.3 Å². The minimum Gasteiger partial charge on any atom is -0.462 e. The molecule has 4 heterocycles. The van der Waals surface area contributed by atoms with E-state index in [9.17, 15) is 14.4 Å². The number of amides is 1. The van der Waals surface area contributed by atoms with Crippen molar-refractivity contribution in [1.82, 2.24) is 24.8 Å². The second kappa shape index (κ2) is 12.1. The lowest BCUT2D eigenvalue weighted by molar-refractivity contribution is -0.131. The summed E-state index contributed by atoms with van der Waals surface area (Å²) in [6, 6.07) is 13.3. The molecule has 0 spiro atoms. The predicted octanol–water partition coefficient (Wildman–Crippen LogP) is 5.18. The van der Waals surface area contributed by atoms with Crippen LogP contribution in [0.5, 0.6) is 6.01 Å². The van der Waals surface area contributed by atoms with Crippen molar-refractivity contribution in [3.63, 3.8) is 0 Å². The number of hydrogen-bond acceptors (Lipinski definition) is 8. The molecule has 0 aliphatic carbocycles. The number of nitrogens with zero attached hydrogens (tertiary/aromatic N) is 7. The van der Waals surface area contributed by atoms with Crippen molar-refractivity contribution in [2.24, 2.45) is 0 Å². The van der Waals surface area contributed by atoms with Gasteiger partial charge in [0.25, 0.3) is 5.91 Å². The third kappa shape index (κ3) is 5.42. The van der Waals surface area contributed by atoms with Crippen molar-refractivity contribution in [3.8, 4) is 23.3 Å². The van der Waals surface area contributed by atoms with Crippen LogP contribution in [0.1, 0.15) is 24.8 Å². The van der Waals surface area contributed by atoms with E-state index in [1.165, 1.54) is 4.90 Å². The third-order valence-electron chi connectivity index (χ3n) is 8.69. The predicted molar refractivity (Wildman–Crippen MR) is 164 cm³/mol. The van der Waals surface area contributed by atoms with Gasteiger partial charge in [0.15, 0.2) is 11.6 Å². The van der Waals surface area contributed by atoms with Gasteiger partial charge in [0.2, 0.25) is 0 Å². The number of carbonyl (C=O) groups excluding carboxylic acids is 1. The van der Waals surface area contributed by atoms with Crippen molar-refractivity contribution in [2.75, 3.05) is 44.7 Å². The number of aromatic nitrogens is 3. The maximum absolute atomic E-state index is 16.6. The Morgan fingerprint density at radius 3 is 2.68 bits per heavy atom. The van der Waals surface area contributed by atoms with E-state index < -0.39 is 23.6 Å². The van der Waals surface area contributed by atoms with E-state index in [4.69, 9.17) is 9.72 Å². The molecule has 2 aromatic carbocycles. The number of rotatable bonds is 7. The smallest absolute Gasteiger partial charge is 0.319 e. The number of anilines is 1. The summed E-state index contributed by atoms with van der Waals surface area (Å²) in [5, 5.41) is 11.7. The molecule has 0 N–H and O–H groups in total. The van der Waals surface area contributed by atoms with Gasteiger partial charge in [-0.2, -0.15) is 15.2 Å². The highest BCUT2D eigenvalue weighted by Gasteiger charge is 2.34. The molecule has 0 bridgehead atoms. The first-order chi connectivity index (χ1) is 21.3. The maximum atomic E-state index is 16.6. The largest absolute Gasteiger partial charge is 0.462 e. The Morgan fingerprint density at radius 1 is 1.16 bits per heavy atom. The number of ether oxygens (including phenoxy) is 1. The van der Waals surface area contributed by atoms with Crippen LogP contribution >= 0.6 is 0 Å². The number of hydrogen-bond donors (Lipinski definition) is 0. The topological polar surface area (TPSA) is 98.5 Å². The maximum Gasteiger partial charge on any atom is 0.319 e. The van der Waals surface area contributed by atoms with Gasteiger partial charge in [0.05, 0.1) is 23.9 Å². The zero-order valence-corrected chi connectivity index (χ0v) is 24.8. The van der Waals surface area contributed by atoms with Crippen LogP contribution in [0.15, 0.2) is 55.0 Å². The number of likely N-dealkylation sites (N-methyl/N-ethyl adjacent to an activating group) is 1. The van der Waals surface area contributed by atoms with E-state index in [-0.39, 0.29) is 49.3 Å². The highest BCUT2D eigenvalue weighted by Crippen LogP contribution is 2.36. The Morgan fingerprint density at radius 2 is 1.95 bits per heavy atom. The molecule has 2 aromatic heterocycles. The van der Waals surface area contributed by atoms with Gasteiger partial charge in [0.1, 0.15) is 23.6 Å². The molecule has 2 saturated heterocycles. The van der Waals surface area contributed by atoms with Gasteiger partial charge >= 0.3 is 6.01 Å². The number of fused-ring (bicyclic) bond motifs is 2. The number of halogens is 2. The second-order valence-corrected chi connectivity index (χ2v) is 11.4. The molecule has 2 fully saturated rings. The molecular weight excluding hydrogens is 564 g/mol. The van der Waals surface area contributed by atoms with Crippen LogP contribution in [0.4, 0.5) is 14.6 Å². The molecule has 0 saturated carbocycles. The van der Waals surface area contributed by atoms with E-state index >= 15 is 4.39 Å². The lowest BCUT2D eigenvalue weighted by Gasteiger charge is -2.41. The Balaban J connectivity index is 1.45. The lowest BCUT2D eigenvalue weighted by Crippen LogP contribution is -2.55. The summed E-state index contributed by atoms with van der Waals surface area (Å²) in [5.41, 5.74) is 1.89. The summed E-state index contributed by atoms with van der Waals surface area (Å²) in [4.78, 5) is 31.7. The average Bonchev–Trinajstić information content (AvgIpc) is 3.44. The monoisotopic (exact) mass is 597 g/mol. The number of aryl methyl sites for hydroxylation is 1. The fraction of sp³-hybridized carbons (Fsp3) is 0.364. The number of nitriles is 1. The standard InChI is InChI=1S/C33H33F2N7O2/c1-20-7-4-8-22-9-5-11-25(27(20)22)29-28(35)30-26(17-37-29)31(39-33(38-30)44-19-24-10-6-14-40(24)3)41-15-16-42(32(43)21(2)34)23(18-41)12-13-36/h4-5,7-9,11,17,23-24H,2,6,10,12,14-16,18-19H2,1,3H3. The number of carbonyl (C=O) groups is 1. The first-order valence-electron chi connectivity index (χ1n) is 14.7. The molecule has 2 aliphatic rings. The Labute approximate surface area is 254 Å². The summed E-state index contributed by atoms with van der Waals surface area (Å²) in [5.74, 6) is -2.14. The van der Waals surface area contributed by atoms with Crippen molar-refractivity contribution in [2.45, 2.75) is 38.3 Å². The summed E-state index contributed by atoms with van der Waals surface area (Å²) in [7, 11) is 2.04. The zero-order chi connectivity index (χ0) is 31.0. The minimum absolute atomic E-state index is 0.0207. The van der Waals surface area contributed by atoms with Crippen LogP contribution in [0, 0.1) is 24.1 Å². The van der Waals surface area contributed by atoms with Crippen LogP contribution in [0.2, 0.25) is 0 Å². The molecule has 0 radical (unpaired) electrons. The number of benzene rings is 2. The van der Waals surface area contributed by atoms with Crippen molar-refractivity contribution in [1.29, 1.82) is 5.26 Å². The van der Waals surface area contributed by atoms with Gasteiger partial charge in [-0.3, -0.25) is 9.78 Å². The Kier molecular flexibility index (Phi) is 8.10. The Bertz CT molecular complexity index is 1800. The normalized spacial score (nSPS) is 19.0. The summed E-state index contributed by atoms with van der Waals surface area (Å²) < 4.78 is 36.5. The quantitative estimate of drug-likeness (QED) is 0.269. The highest BCUT2D eigenvalue weighted by atomic mass is 19.1. The van der Waals surface area contributed by atoms with Crippen molar-refractivity contribution >= 4 is 33.4 Å². The van der Waals surface area contributed by atoms with E-state index in [0.29, 0.717) is 23.4 Å². The number of likely N-dealkylation sites (tertiary alicyclic amines) is 1. The molecule has 2 atom stereocenters. The van der Waals surface area contributed by atoms with Gasteiger partial charge in [-0.25, -0.2) is 8.78 Å². The third-order valence-corrected chi connectivity index (χ3v) is 8.69. The van der Waals surface area contributed by atoms with Crippen LogP contribution in [-0.2, 0) is 4.79 Å². The molecule has 226 valence electrons. The molecular formula is C33H33F2N7O2. The van der Waals surface area contributed by atoms with Gasteiger partial charge in [0, 0.05) is 37.4 Å². The van der Waals surface area contributed by atoms with Crippen LogP contribution in [0.3, 0.4) is 0 Å². The first-order valence-corrected chi connectivity index (χ1v) is 14.7. The minimum atomic E-state index is -1.08. The van der Waals surface area contributed by atoms with Crippen molar-refractivity contribution < 1.29 is 18.3 Å². The van der Waals surface area contributed by atoms with Gasteiger partial charge < -0.3 is 19.4 Å². The number of pyridine rings is 1. The van der Waals surface area contributed by atoms with E-state index in [0.717, 1.165) is 35.7 Å². The molecule has 4 aromatic rings. The summed E-state index contributed by atoms with van der Waals surface area (Å²) in [6.45, 7) is 7.01. The van der Waals surface area contributed by atoms with Gasteiger partial charge in [-0.1, -0.05) is 43.0 Å². The zero-order valence-electron chi connectivity index (χ0n) is 24.8. The highest BCUT2D eigenvalue weighted by molar-refractivity contribution is 6.00. The average molecular weight is 598 g/mol. The Hall–Kier alpha value is -4.69. The van der Waals surface area contributed by atoms with Crippen molar-refractivity contribution in [3.05, 3.63) is 66.4 Å². The molecule has 9 nitrogen and oxygen atoms in total. The van der Waals surface area contributed by atoms with Crippen LogP contribution in [-0.4, -0.2) is 82.6 Å². The van der Waals surface area contributed by atoms with Crippen LogP contribution < -0.4 is 9.64 Å². The molecule has 2 unspecified atom stereocenters. The van der Waals surface area contributed by atoms with E-state index in [2.05, 4.69) is 27.5 Å². The fourth-order valence-corrected chi connectivity index (χ4v) is 6.35. The van der Waals surface area contributed by atoms with E-state index in [1.54, 1.807) is 6.20 Å². The van der Waals surface area contributed by atoms with Crippen LogP contribution in [0.25, 0.3) is 32.9 Å². The summed E-state index contributed by atoms with van der Waals surface area (Å²) >= 11 is 0. The van der Waals surface area contributed by atoms with Gasteiger partial charge in [-0.15, -0.1) is 0 Å². The fourth-order valence-electron chi connectivity index (χ4n) is 6.35. The number of piperazine rings is 1. The first kappa shape index (κ1) is 29.4.